The Morgan fingerprint density at radius 1 is 1.58 bits per heavy atom. The van der Waals surface area contributed by atoms with Crippen LogP contribution in [0.2, 0.25) is 0 Å². The highest BCUT2D eigenvalue weighted by molar-refractivity contribution is 6.25. The molecule has 0 rings (SSSR count). The van der Waals surface area contributed by atoms with Crippen LogP contribution in [0.4, 0.5) is 0 Å². The fourth-order valence-corrected chi connectivity index (χ4v) is 0.776. The lowest BCUT2D eigenvalue weighted by Crippen LogP contribution is -2.37. The van der Waals surface area contributed by atoms with Gasteiger partial charge < -0.3 is 10.6 Å². The normalized spacial score (nSPS) is 11.0. The van der Waals surface area contributed by atoms with Gasteiger partial charge in [0.2, 0.25) is 5.91 Å². The van der Waals surface area contributed by atoms with Crippen molar-refractivity contribution >= 4 is 17.5 Å². The van der Waals surface area contributed by atoms with Crippen molar-refractivity contribution in [3.8, 4) is 0 Å². The first-order valence-corrected chi connectivity index (χ1v) is 4.35. The molecule has 12 heavy (non-hydrogen) atoms. The Morgan fingerprint density at radius 3 is 2.75 bits per heavy atom. The molecule has 0 radical (unpaired) electrons. The first kappa shape index (κ1) is 11.5. The van der Waals surface area contributed by atoms with Gasteiger partial charge in [0, 0.05) is 18.1 Å². The molecular formula is C8H15ClN2O. The molecule has 0 aromatic heterocycles. The van der Waals surface area contributed by atoms with Gasteiger partial charge in [-0.2, -0.15) is 0 Å². The summed E-state index contributed by atoms with van der Waals surface area (Å²) in [5.74, 6) is 0.00738. The second kappa shape index (κ2) is 7.13. The van der Waals surface area contributed by atoms with E-state index in [1.165, 1.54) is 5.54 Å². The lowest BCUT2D eigenvalue weighted by Gasteiger charge is -2.07. The number of nitrogens with one attached hydrogen (secondary N) is 2. The van der Waals surface area contributed by atoms with E-state index in [0.717, 1.165) is 0 Å². The minimum atomic E-state index is 0.00738. The Morgan fingerprint density at radius 2 is 2.25 bits per heavy atom. The molecule has 70 valence electrons. The van der Waals surface area contributed by atoms with Crippen LogP contribution in [0.5, 0.6) is 0 Å². The number of hydrogen-bond donors (Lipinski definition) is 2. The number of amides is 1. The highest BCUT2D eigenvalue weighted by Gasteiger charge is 2.00. The van der Waals surface area contributed by atoms with Crippen molar-refractivity contribution in [2.75, 3.05) is 13.1 Å². The first-order valence-electron chi connectivity index (χ1n) is 3.92. The molecule has 0 unspecified atom stereocenters. The predicted octanol–water partition coefficient (Wildman–Crippen LogP) is 0.853. The van der Waals surface area contributed by atoms with Gasteiger partial charge in [-0.05, 0) is 13.8 Å². The van der Waals surface area contributed by atoms with Crippen molar-refractivity contribution in [1.82, 2.24) is 10.6 Å². The summed E-state index contributed by atoms with van der Waals surface area (Å²) in [6.45, 7) is 4.81. The Bertz CT molecular complexity index is 157. The van der Waals surface area contributed by atoms with E-state index in [9.17, 15) is 4.79 Å². The SMILES string of the molecule is CC(C)NC(=O)CNC/C=C/Cl. The van der Waals surface area contributed by atoms with Crippen molar-refractivity contribution in [3.63, 3.8) is 0 Å². The summed E-state index contributed by atoms with van der Waals surface area (Å²) in [7, 11) is 0. The topological polar surface area (TPSA) is 41.1 Å². The zero-order valence-corrected chi connectivity index (χ0v) is 8.19. The Kier molecular flexibility index (Phi) is 6.81. The molecule has 4 heteroatoms. The number of halogens is 1. The smallest absolute Gasteiger partial charge is 0.234 e. The lowest BCUT2D eigenvalue weighted by molar-refractivity contribution is -0.120. The number of hydrogen-bond acceptors (Lipinski definition) is 2. The fourth-order valence-electron chi connectivity index (χ4n) is 0.687. The minimum Gasteiger partial charge on any atom is -0.353 e. The van der Waals surface area contributed by atoms with Crippen LogP contribution in [0, 0.1) is 0 Å². The standard InChI is InChI=1S/C8H15ClN2O/c1-7(2)11-8(12)6-10-5-3-4-9/h3-4,7,10H,5-6H2,1-2H3,(H,11,12)/b4-3+. The van der Waals surface area contributed by atoms with Crippen molar-refractivity contribution in [2.24, 2.45) is 0 Å². The van der Waals surface area contributed by atoms with E-state index >= 15 is 0 Å². The minimum absolute atomic E-state index is 0.00738. The third-order valence-electron chi connectivity index (χ3n) is 1.09. The molecular weight excluding hydrogens is 176 g/mol. The summed E-state index contributed by atoms with van der Waals surface area (Å²) in [6, 6.07) is 0.197. The molecule has 0 saturated carbocycles. The largest absolute Gasteiger partial charge is 0.353 e. The van der Waals surface area contributed by atoms with Crippen LogP contribution in [-0.2, 0) is 4.79 Å². The zero-order valence-electron chi connectivity index (χ0n) is 7.43. The first-order chi connectivity index (χ1) is 5.66. The van der Waals surface area contributed by atoms with Gasteiger partial charge in [-0.15, -0.1) is 0 Å². The summed E-state index contributed by atoms with van der Waals surface area (Å²) in [4.78, 5) is 11.0. The summed E-state index contributed by atoms with van der Waals surface area (Å²) < 4.78 is 0. The predicted molar refractivity (Wildman–Crippen MR) is 51.1 cm³/mol. The lowest BCUT2D eigenvalue weighted by atomic mass is 10.4. The Labute approximate surface area is 78.2 Å². The molecule has 0 saturated heterocycles. The van der Waals surface area contributed by atoms with Crippen LogP contribution in [0.1, 0.15) is 13.8 Å². The average Bonchev–Trinajstić information content (AvgIpc) is 1.97. The van der Waals surface area contributed by atoms with Crippen molar-refractivity contribution < 1.29 is 4.79 Å². The third kappa shape index (κ3) is 7.57. The highest BCUT2D eigenvalue weighted by atomic mass is 35.5. The molecule has 0 spiro atoms. The maximum absolute atomic E-state index is 11.0. The molecule has 0 heterocycles. The Balaban J connectivity index is 3.32. The van der Waals surface area contributed by atoms with Crippen LogP contribution >= 0.6 is 11.6 Å². The van der Waals surface area contributed by atoms with E-state index in [1.54, 1.807) is 6.08 Å². The Hall–Kier alpha value is -0.540. The molecule has 1 amide bonds. The van der Waals surface area contributed by atoms with Crippen LogP contribution in [0.3, 0.4) is 0 Å². The van der Waals surface area contributed by atoms with E-state index in [0.29, 0.717) is 13.1 Å². The number of carbonyl (C=O) groups excluding carboxylic acids is 1. The molecule has 0 atom stereocenters. The second-order valence-corrected chi connectivity index (χ2v) is 2.97. The molecule has 0 aromatic carbocycles. The molecule has 0 bridgehead atoms. The maximum Gasteiger partial charge on any atom is 0.234 e. The molecule has 3 nitrogen and oxygen atoms in total. The fraction of sp³-hybridized carbons (Fsp3) is 0.625. The van der Waals surface area contributed by atoms with Gasteiger partial charge in [-0.1, -0.05) is 17.7 Å². The van der Waals surface area contributed by atoms with Gasteiger partial charge in [0.15, 0.2) is 0 Å². The highest BCUT2D eigenvalue weighted by Crippen LogP contribution is 1.77. The molecule has 0 aliphatic heterocycles. The molecule has 0 aliphatic rings. The third-order valence-corrected chi connectivity index (χ3v) is 1.26. The zero-order chi connectivity index (χ0) is 9.40. The maximum atomic E-state index is 11.0. The van der Waals surface area contributed by atoms with E-state index in [2.05, 4.69) is 10.6 Å². The summed E-state index contributed by atoms with van der Waals surface area (Å²) >= 11 is 5.28. The second-order valence-electron chi connectivity index (χ2n) is 2.71. The monoisotopic (exact) mass is 190 g/mol. The van der Waals surface area contributed by atoms with Crippen LogP contribution in [0.25, 0.3) is 0 Å². The van der Waals surface area contributed by atoms with Gasteiger partial charge in [-0.3, -0.25) is 4.79 Å². The van der Waals surface area contributed by atoms with E-state index < -0.39 is 0 Å². The molecule has 2 N–H and O–H groups in total. The van der Waals surface area contributed by atoms with Crippen molar-refractivity contribution in [2.45, 2.75) is 19.9 Å². The number of rotatable bonds is 5. The van der Waals surface area contributed by atoms with E-state index in [-0.39, 0.29) is 11.9 Å². The van der Waals surface area contributed by atoms with Crippen LogP contribution in [-0.4, -0.2) is 25.0 Å². The van der Waals surface area contributed by atoms with Crippen LogP contribution in [0.15, 0.2) is 11.6 Å². The number of carbonyl (C=O) groups is 1. The van der Waals surface area contributed by atoms with Crippen molar-refractivity contribution in [1.29, 1.82) is 0 Å². The summed E-state index contributed by atoms with van der Waals surface area (Å²) in [6.07, 6.45) is 1.74. The molecule has 0 aliphatic carbocycles. The van der Waals surface area contributed by atoms with Gasteiger partial charge >= 0.3 is 0 Å². The van der Waals surface area contributed by atoms with Gasteiger partial charge in [0.05, 0.1) is 6.54 Å². The molecule has 0 fully saturated rings. The van der Waals surface area contributed by atoms with Gasteiger partial charge in [0.1, 0.15) is 0 Å². The molecule has 0 aromatic rings. The van der Waals surface area contributed by atoms with Gasteiger partial charge in [-0.25, -0.2) is 0 Å². The van der Waals surface area contributed by atoms with Gasteiger partial charge in [0.25, 0.3) is 0 Å². The summed E-state index contributed by atoms with van der Waals surface area (Å²) in [5, 5.41) is 5.67. The van der Waals surface area contributed by atoms with E-state index in [4.69, 9.17) is 11.6 Å². The quantitative estimate of drug-likeness (QED) is 0.632. The average molecular weight is 191 g/mol. The summed E-state index contributed by atoms with van der Waals surface area (Å²) in [5.41, 5.74) is 1.42. The van der Waals surface area contributed by atoms with E-state index in [1.807, 2.05) is 13.8 Å². The van der Waals surface area contributed by atoms with Crippen LogP contribution < -0.4 is 10.6 Å². The van der Waals surface area contributed by atoms with Crippen molar-refractivity contribution in [3.05, 3.63) is 11.6 Å².